The number of H-pyrrole nitrogens is 1. The van der Waals surface area contributed by atoms with Crippen LogP contribution in [0.2, 0.25) is 0 Å². The van der Waals surface area contributed by atoms with Crippen LogP contribution in [-0.2, 0) is 11.3 Å². The van der Waals surface area contributed by atoms with E-state index in [1.165, 1.54) is 0 Å². The van der Waals surface area contributed by atoms with Crippen molar-refractivity contribution < 1.29 is 4.74 Å². The van der Waals surface area contributed by atoms with Crippen LogP contribution >= 0.6 is 24.0 Å². The molecule has 0 amide bonds. The lowest BCUT2D eigenvalue weighted by molar-refractivity contribution is 0.0782. The molecule has 0 spiro atoms. The number of guanidine groups is 1. The molecule has 0 atom stereocenters. The van der Waals surface area contributed by atoms with Gasteiger partial charge in [-0.1, -0.05) is 30.3 Å². The molecule has 2 N–H and O–H groups in total. The molecule has 0 saturated carbocycles. The number of aromatic nitrogens is 2. The van der Waals surface area contributed by atoms with E-state index in [9.17, 15) is 0 Å². The number of rotatable bonds is 9. The molecule has 0 unspecified atom stereocenters. The van der Waals surface area contributed by atoms with Gasteiger partial charge in [-0.2, -0.15) is 0 Å². The number of aromatic amines is 1. The van der Waals surface area contributed by atoms with Crippen molar-refractivity contribution >= 4 is 29.9 Å². The molecule has 0 aliphatic carbocycles. The summed E-state index contributed by atoms with van der Waals surface area (Å²) in [6.07, 6.45) is 3.07. The Kier molecular flexibility index (Phi) is 11.0. The topological polar surface area (TPSA) is 65.5 Å². The molecule has 1 aromatic heterocycles. The molecule has 1 aromatic carbocycles. The average Bonchev–Trinajstić information content (AvgIpc) is 3.09. The van der Waals surface area contributed by atoms with Crippen molar-refractivity contribution in [2.75, 3.05) is 26.7 Å². The number of hydrogen-bond acceptors (Lipinski definition) is 3. The number of nitrogens with zero attached hydrogens (tertiary/aromatic N) is 3. The predicted octanol–water partition coefficient (Wildman–Crippen LogP) is 3.91. The van der Waals surface area contributed by atoms with Gasteiger partial charge in [-0.25, -0.2) is 4.98 Å². The third-order valence-corrected chi connectivity index (χ3v) is 3.81. The Morgan fingerprint density at radius 1 is 1.30 bits per heavy atom. The third-order valence-electron chi connectivity index (χ3n) is 3.81. The van der Waals surface area contributed by atoms with Gasteiger partial charge in [0.05, 0.1) is 24.5 Å². The van der Waals surface area contributed by atoms with Gasteiger partial charge in [-0.05, 0) is 32.8 Å². The molecule has 0 radical (unpaired) electrons. The summed E-state index contributed by atoms with van der Waals surface area (Å²) in [5, 5.41) is 3.33. The first-order chi connectivity index (χ1) is 12.6. The van der Waals surface area contributed by atoms with Gasteiger partial charge >= 0.3 is 0 Å². The van der Waals surface area contributed by atoms with Gasteiger partial charge in [-0.15, -0.1) is 24.0 Å². The molecule has 0 aliphatic heterocycles. The van der Waals surface area contributed by atoms with Crippen LogP contribution in [0.5, 0.6) is 0 Å². The Hall–Kier alpha value is -1.61. The summed E-state index contributed by atoms with van der Waals surface area (Å²) in [5.74, 6) is 1.80. The minimum atomic E-state index is 0. The fourth-order valence-corrected chi connectivity index (χ4v) is 2.55. The summed E-state index contributed by atoms with van der Waals surface area (Å²) < 4.78 is 5.57. The number of benzene rings is 1. The van der Waals surface area contributed by atoms with Gasteiger partial charge in [-0.3, -0.25) is 4.99 Å². The smallest absolute Gasteiger partial charge is 0.194 e. The van der Waals surface area contributed by atoms with Crippen LogP contribution in [0.4, 0.5) is 0 Å². The SMILES string of the molecule is CCNC(=NCCCOC(C)C)N(C)Cc1ncc(-c2ccccc2)[nH]1.I. The second-order valence-corrected chi connectivity index (χ2v) is 6.47. The minimum absolute atomic E-state index is 0. The zero-order valence-corrected chi connectivity index (χ0v) is 19.1. The van der Waals surface area contributed by atoms with Crippen LogP contribution in [0.25, 0.3) is 11.3 Å². The average molecular weight is 485 g/mol. The second kappa shape index (κ2) is 12.7. The fraction of sp³-hybridized carbons (Fsp3) is 0.500. The molecular formula is C20H32IN5O. The van der Waals surface area contributed by atoms with Crippen LogP contribution < -0.4 is 5.32 Å². The van der Waals surface area contributed by atoms with Crippen molar-refractivity contribution in [1.82, 2.24) is 20.2 Å². The van der Waals surface area contributed by atoms with E-state index >= 15 is 0 Å². The normalized spacial score (nSPS) is 11.4. The van der Waals surface area contributed by atoms with E-state index in [4.69, 9.17) is 4.74 Å². The number of halogens is 1. The highest BCUT2D eigenvalue weighted by atomic mass is 127. The summed E-state index contributed by atoms with van der Waals surface area (Å²) >= 11 is 0. The summed E-state index contributed by atoms with van der Waals surface area (Å²) in [5.41, 5.74) is 2.17. The molecule has 7 heteroatoms. The Bertz CT molecular complexity index is 672. The van der Waals surface area contributed by atoms with Crippen molar-refractivity contribution in [2.45, 2.75) is 39.8 Å². The lowest BCUT2D eigenvalue weighted by Gasteiger charge is -2.21. The molecule has 6 nitrogen and oxygen atoms in total. The lowest BCUT2D eigenvalue weighted by atomic mass is 10.2. The fourth-order valence-electron chi connectivity index (χ4n) is 2.55. The summed E-state index contributed by atoms with van der Waals surface area (Å²) in [4.78, 5) is 14.7. The maximum absolute atomic E-state index is 5.57. The third kappa shape index (κ3) is 8.30. The first-order valence-corrected chi connectivity index (χ1v) is 9.30. The molecule has 0 fully saturated rings. The highest BCUT2D eigenvalue weighted by Crippen LogP contribution is 2.16. The van der Waals surface area contributed by atoms with Gasteiger partial charge in [0.15, 0.2) is 5.96 Å². The van der Waals surface area contributed by atoms with Gasteiger partial charge in [0.2, 0.25) is 0 Å². The van der Waals surface area contributed by atoms with Crippen LogP contribution in [-0.4, -0.2) is 53.7 Å². The van der Waals surface area contributed by atoms with Crippen LogP contribution in [0.15, 0.2) is 41.5 Å². The van der Waals surface area contributed by atoms with Crippen molar-refractivity contribution in [3.05, 3.63) is 42.4 Å². The van der Waals surface area contributed by atoms with Crippen molar-refractivity contribution in [3.8, 4) is 11.3 Å². The molecule has 27 heavy (non-hydrogen) atoms. The van der Waals surface area contributed by atoms with E-state index in [1.807, 2.05) is 45.3 Å². The van der Waals surface area contributed by atoms with Crippen molar-refractivity contribution in [1.29, 1.82) is 0 Å². The summed E-state index contributed by atoms with van der Waals surface area (Å²) in [7, 11) is 2.02. The van der Waals surface area contributed by atoms with Crippen LogP contribution in [0, 0.1) is 0 Å². The van der Waals surface area contributed by atoms with E-state index in [-0.39, 0.29) is 30.1 Å². The second-order valence-electron chi connectivity index (χ2n) is 6.47. The van der Waals surface area contributed by atoms with Gasteiger partial charge in [0, 0.05) is 26.7 Å². The minimum Gasteiger partial charge on any atom is -0.379 e. The predicted molar refractivity (Wildman–Crippen MR) is 123 cm³/mol. The van der Waals surface area contributed by atoms with E-state index in [0.717, 1.165) is 49.2 Å². The summed E-state index contributed by atoms with van der Waals surface area (Å²) in [6, 6.07) is 10.2. The highest BCUT2D eigenvalue weighted by Gasteiger charge is 2.09. The van der Waals surface area contributed by atoms with Crippen molar-refractivity contribution in [2.24, 2.45) is 4.99 Å². The Labute approximate surface area is 179 Å². The highest BCUT2D eigenvalue weighted by molar-refractivity contribution is 14.0. The van der Waals surface area contributed by atoms with Crippen molar-refractivity contribution in [3.63, 3.8) is 0 Å². The van der Waals surface area contributed by atoms with Gasteiger partial charge in [0.25, 0.3) is 0 Å². The number of hydrogen-bond donors (Lipinski definition) is 2. The van der Waals surface area contributed by atoms with Crippen LogP contribution in [0.3, 0.4) is 0 Å². The molecule has 0 saturated heterocycles. The summed E-state index contributed by atoms with van der Waals surface area (Å²) in [6.45, 7) is 9.16. The van der Waals surface area contributed by atoms with E-state index in [1.54, 1.807) is 0 Å². The Morgan fingerprint density at radius 2 is 2.04 bits per heavy atom. The maximum atomic E-state index is 5.57. The largest absolute Gasteiger partial charge is 0.379 e. The monoisotopic (exact) mass is 485 g/mol. The number of ether oxygens (including phenoxy) is 1. The zero-order valence-electron chi connectivity index (χ0n) is 16.7. The van der Waals surface area contributed by atoms with E-state index < -0.39 is 0 Å². The first-order valence-electron chi connectivity index (χ1n) is 9.30. The number of aliphatic imine (C=N–C) groups is 1. The van der Waals surface area contributed by atoms with E-state index in [0.29, 0.717) is 6.54 Å². The molecule has 2 rings (SSSR count). The number of nitrogens with one attached hydrogen (secondary N) is 2. The molecule has 2 aromatic rings. The molecular weight excluding hydrogens is 453 g/mol. The van der Waals surface area contributed by atoms with Crippen LogP contribution in [0.1, 0.15) is 33.0 Å². The van der Waals surface area contributed by atoms with Gasteiger partial charge < -0.3 is 19.9 Å². The molecule has 0 bridgehead atoms. The maximum Gasteiger partial charge on any atom is 0.194 e. The Balaban J connectivity index is 0.00000364. The molecule has 150 valence electrons. The molecule has 0 aliphatic rings. The number of imidazole rings is 1. The van der Waals surface area contributed by atoms with Gasteiger partial charge in [0.1, 0.15) is 5.82 Å². The standard InChI is InChI=1S/C20H31N5O.HI/c1-5-21-20(22-12-9-13-26-16(2)3)25(4)15-19-23-14-18(24-19)17-10-7-6-8-11-17;/h6-8,10-11,14,16H,5,9,12-13,15H2,1-4H3,(H,21,22)(H,23,24);1H. The first kappa shape index (κ1) is 23.4. The quantitative estimate of drug-likeness (QED) is 0.245. The molecule has 1 heterocycles. The lowest BCUT2D eigenvalue weighted by Crippen LogP contribution is -2.38. The zero-order chi connectivity index (χ0) is 18.8. The van der Waals surface area contributed by atoms with E-state index in [2.05, 4.69) is 44.2 Å². The Morgan fingerprint density at radius 3 is 2.70 bits per heavy atom.